The summed E-state index contributed by atoms with van der Waals surface area (Å²) in [5.41, 5.74) is 1.12. The topological polar surface area (TPSA) is 92.4 Å². The van der Waals surface area contributed by atoms with Gasteiger partial charge in [-0.3, -0.25) is 4.79 Å². The van der Waals surface area contributed by atoms with Crippen molar-refractivity contribution in [1.29, 1.82) is 0 Å². The number of carboxylic acids is 1. The second-order valence-corrected chi connectivity index (χ2v) is 5.27. The van der Waals surface area contributed by atoms with Gasteiger partial charge in [-0.15, -0.1) is 0 Å². The molecule has 6 heteroatoms. The number of aliphatic carboxylic acids is 1. The Labute approximate surface area is 110 Å². The van der Waals surface area contributed by atoms with Crippen molar-refractivity contribution in [2.75, 3.05) is 0 Å². The minimum absolute atomic E-state index is 0.0594. The fourth-order valence-electron chi connectivity index (χ4n) is 2.58. The van der Waals surface area contributed by atoms with E-state index in [4.69, 9.17) is 9.63 Å². The van der Waals surface area contributed by atoms with Crippen LogP contribution in [0.25, 0.3) is 0 Å². The number of hydrogen-bond donors (Lipinski definition) is 2. The molecule has 1 atom stereocenters. The molecule has 0 aromatic carbocycles. The van der Waals surface area contributed by atoms with Crippen LogP contribution in [0, 0.1) is 5.92 Å². The summed E-state index contributed by atoms with van der Waals surface area (Å²) in [7, 11) is 0. The van der Waals surface area contributed by atoms with E-state index < -0.39 is 17.9 Å². The molecule has 1 heterocycles. The van der Waals surface area contributed by atoms with Crippen molar-refractivity contribution in [1.82, 2.24) is 10.5 Å². The minimum atomic E-state index is -0.979. The fraction of sp³-hybridized carbons (Fsp3) is 0.615. The van der Waals surface area contributed by atoms with E-state index in [-0.39, 0.29) is 11.6 Å². The lowest BCUT2D eigenvalue weighted by molar-refractivity contribution is -0.139. The number of nitrogens with one attached hydrogen (secondary N) is 1. The van der Waals surface area contributed by atoms with E-state index in [2.05, 4.69) is 10.5 Å². The molecule has 102 valence electrons. The number of carbonyl (C=O) groups excluding carboxylic acids is 1. The largest absolute Gasteiger partial charge is 0.480 e. The standard InChI is InChI=1S/C13H16N2O4/c16-12(14-10(13(17)18)7-5-6-7)11-8-3-1-2-4-9(8)19-15-11/h7,10H,1-6H2,(H,14,16)(H,17,18). The normalized spacial score (nSPS) is 19.6. The highest BCUT2D eigenvalue weighted by Gasteiger charge is 2.38. The highest BCUT2D eigenvalue weighted by molar-refractivity contribution is 5.96. The number of amides is 1. The maximum Gasteiger partial charge on any atom is 0.326 e. The average Bonchev–Trinajstić information content (AvgIpc) is 3.14. The van der Waals surface area contributed by atoms with Gasteiger partial charge in [0.25, 0.3) is 5.91 Å². The van der Waals surface area contributed by atoms with Gasteiger partial charge in [0.2, 0.25) is 0 Å². The molecule has 1 fully saturated rings. The minimum Gasteiger partial charge on any atom is -0.480 e. The smallest absolute Gasteiger partial charge is 0.326 e. The lowest BCUT2D eigenvalue weighted by Gasteiger charge is -2.13. The molecule has 1 amide bonds. The molecule has 0 spiro atoms. The van der Waals surface area contributed by atoms with E-state index in [0.29, 0.717) is 0 Å². The zero-order valence-corrected chi connectivity index (χ0v) is 10.5. The van der Waals surface area contributed by atoms with Crippen molar-refractivity contribution in [3.63, 3.8) is 0 Å². The summed E-state index contributed by atoms with van der Waals surface area (Å²) in [6.45, 7) is 0. The zero-order chi connectivity index (χ0) is 13.4. The fourth-order valence-corrected chi connectivity index (χ4v) is 2.58. The Hall–Kier alpha value is -1.85. The number of fused-ring (bicyclic) bond motifs is 1. The van der Waals surface area contributed by atoms with Gasteiger partial charge in [-0.2, -0.15) is 0 Å². The summed E-state index contributed by atoms with van der Waals surface area (Å²) < 4.78 is 5.17. The average molecular weight is 264 g/mol. The predicted octanol–water partition coefficient (Wildman–Crippen LogP) is 1.15. The van der Waals surface area contributed by atoms with Crippen LogP contribution in [0.15, 0.2) is 4.52 Å². The molecule has 2 aliphatic carbocycles. The highest BCUT2D eigenvalue weighted by Crippen LogP contribution is 2.33. The molecule has 19 heavy (non-hydrogen) atoms. The molecule has 0 radical (unpaired) electrons. The number of aryl methyl sites for hydroxylation is 1. The Morgan fingerprint density at radius 1 is 1.32 bits per heavy atom. The Morgan fingerprint density at radius 3 is 2.74 bits per heavy atom. The van der Waals surface area contributed by atoms with Crippen molar-refractivity contribution < 1.29 is 19.2 Å². The lowest BCUT2D eigenvalue weighted by Crippen LogP contribution is -2.42. The third-order valence-corrected chi connectivity index (χ3v) is 3.81. The second kappa shape index (κ2) is 4.68. The molecule has 0 bridgehead atoms. The molecule has 1 saturated carbocycles. The van der Waals surface area contributed by atoms with Crippen LogP contribution < -0.4 is 5.32 Å². The molecule has 2 N–H and O–H groups in total. The Balaban J connectivity index is 1.76. The van der Waals surface area contributed by atoms with Crippen LogP contribution in [0.4, 0.5) is 0 Å². The Bertz CT molecular complexity index is 519. The first kappa shape index (κ1) is 12.2. The van der Waals surface area contributed by atoms with Gasteiger partial charge in [0, 0.05) is 12.0 Å². The molecule has 1 unspecified atom stereocenters. The summed E-state index contributed by atoms with van der Waals surface area (Å²) in [6.07, 6.45) is 5.36. The highest BCUT2D eigenvalue weighted by atomic mass is 16.5. The van der Waals surface area contributed by atoms with Crippen LogP contribution in [-0.4, -0.2) is 28.2 Å². The van der Waals surface area contributed by atoms with Crippen LogP contribution in [0.1, 0.15) is 47.5 Å². The van der Waals surface area contributed by atoms with Crippen molar-refractivity contribution in [3.8, 4) is 0 Å². The van der Waals surface area contributed by atoms with Crippen LogP contribution in [-0.2, 0) is 17.6 Å². The van der Waals surface area contributed by atoms with E-state index >= 15 is 0 Å². The van der Waals surface area contributed by atoms with Crippen molar-refractivity contribution in [3.05, 3.63) is 17.0 Å². The quantitative estimate of drug-likeness (QED) is 0.850. The van der Waals surface area contributed by atoms with Crippen LogP contribution >= 0.6 is 0 Å². The van der Waals surface area contributed by atoms with Gasteiger partial charge in [-0.1, -0.05) is 5.16 Å². The van der Waals surface area contributed by atoms with Crippen molar-refractivity contribution in [2.45, 2.75) is 44.6 Å². The van der Waals surface area contributed by atoms with Gasteiger partial charge in [-0.25, -0.2) is 4.79 Å². The van der Waals surface area contributed by atoms with E-state index in [9.17, 15) is 9.59 Å². The van der Waals surface area contributed by atoms with Gasteiger partial charge in [0.05, 0.1) is 0 Å². The van der Waals surface area contributed by atoms with Gasteiger partial charge in [0.1, 0.15) is 11.8 Å². The third-order valence-electron chi connectivity index (χ3n) is 3.81. The van der Waals surface area contributed by atoms with Crippen molar-refractivity contribution in [2.24, 2.45) is 5.92 Å². The first-order valence-electron chi connectivity index (χ1n) is 6.68. The van der Waals surface area contributed by atoms with E-state index in [1.54, 1.807) is 0 Å². The number of aromatic nitrogens is 1. The van der Waals surface area contributed by atoms with Crippen LogP contribution in [0.5, 0.6) is 0 Å². The van der Waals surface area contributed by atoms with Gasteiger partial charge in [-0.05, 0) is 38.0 Å². The molecule has 6 nitrogen and oxygen atoms in total. The molecule has 1 aromatic heterocycles. The SMILES string of the molecule is O=C(NC(C(=O)O)C1CC1)c1noc2c1CCCC2. The van der Waals surface area contributed by atoms with Crippen molar-refractivity contribution >= 4 is 11.9 Å². The molecule has 3 rings (SSSR count). The zero-order valence-electron chi connectivity index (χ0n) is 10.5. The first-order valence-corrected chi connectivity index (χ1v) is 6.68. The van der Waals surface area contributed by atoms with E-state index in [1.165, 1.54) is 0 Å². The third kappa shape index (κ3) is 2.34. The number of nitrogens with zero attached hydrogens (tertiary/aromatic N) is 1. The molecule has 1 aromatic rings. The molecule has 0 saturated heterocycles. The predicted molar refractivity (Wildman–Crippen MR) is 64.8 cm³/mol. The van der Waals surface area contributed by atoms with Gasteiger partial charge >= 0.3 is 5.97 Å². The Morgan fingerprint density at radius 2 is 2.05 bits per heavy atom. The lowest BCUT2D eigenvalue weighted by atomic mass is 9.96. The maximum atomic E-state index is 12.1. The number of carboxylic acid groups (broad SMARTS) is 1. The summed E-state index contributed by atoms with van der Waals surface area (Å²) in [5.74, 6) is -0.571. The Kier molecular flexibility index (Phi) is 3.00. The second-order valence-electron chi connectivity index (χ2n) is 5.27. The molecular formula is C13H16N2O4. The van der Waals surface area contributed by atoms with Crippen LogP contribution in [0.2, 0.25) is 0 Å². The number of rotatable bonds is 4. The van der Waals surface area contributed by atoms with E-state index in [0.717, 1.165) is 49.8 Å². The monoisotopic (exact) mass is 264 g/mol. The molecule has 2 aliphatic rings. The summed E-state index contributed by atoms with van der Waals surface area (Å²) in [6, 6.07) is -0.802. The first-order chi connectivity index (χ1) is 9.16. The van der Waals surface area contributed by atoms with Crippen LogP contribution in [0.3, 0.4) is 0 Å². The number of hydrogen-bond acceptors (Lipinski definition) is 4. The van der Waals surface area contributed by atoms with E-state index in [1.807, 2.05) is 0 Å². The summed E-state index contributed by atoms with van der Waals surface area (Å²) in [4.78, 5) is 23.2. The van der Waals surface area contributed by atoms with Gasteiger partial charge < -0.3 is 14.9 Å². The molecular weight excluding hydrogens is 248 g/mol. The summed E-state index contributed by atoms with van der Waals surface area (Å²) >= 11 is 0. The number of carbonyl (C=O) groups is 2. The molecule has 0 aliphatic heterocycles. The van der Waals surface area contributed by atoms with Gasteiger partial charge in [0.15, 0.2) is 5.69 Å². The maximum absolute atomic E-state index is 12.1. The summed E-state index contributed by atoms with van der Waals surface area (Å²) in [5, 5.41) is 15.5.